The molecule has 0 aromatic carbocycles. The number of rotatable bonds is 4. The van der Waals surface area contributed by atoms with Gasteiger partial charge in [0, 0.05) is 11.8 Å². The Hall–Kier alpha value is -0.490. The van der Waals surface area contributed by atoms with Gasteiger partial charge in [0.05, 0.1) is 38.2 Å². The van der Waals surface area contributed by atoms with E-state index in [9.17, 15) is 4.39 Å². The van der Waals surface area contributed by atoms with E-state index in [0.717, 1.165) is 32.5 Å². The standard InChI is InChI=1S/C17H27FO4/c1-2-3-12-8-19-17(20-9-12)14-10-21-16(22-11-14)13-4-6-15(18)7-5-13/h6,12-14,16-17H,2-5,7-11H2,1H3. The van der Waals surface area contributed by atoms with Gasteiger partial charge in [-0.3, -0.25) is 0 Å². The lowest BCUT2D eigenvalue weighted by Crippen LogP contribution is -2.46. The van der Waals surface area contributed by atoms with Crippen molar-refractivity contribution in [3.63, 3.8) is 0 Å². The van der Waals surface area contributed by atoms with Crippen molar-refractivity contribution in [3.05, 3.63) is 11.9 Å². The molecule has 1 atom stereocenters. The number of ether oxygens (including phenoxy) is 4. The average Bonchev–Trinajstić information content (AvgIpc) is 2.57. The second-order valence-electron chi connectivity index (χ2n) is 6.67. The molecule has 0 radical (unpaired) electrons. The number of halogens is 1. The summed E-state index contributed by atoms with van der Waals surface area (Å²) in [6.45, 7) is 4.91. The molecular weight excluding hydrogens is 287 g/mol. The van der Waals surface area contributed by atoms with Gasteiger partial charge in [-0.25, -0.2) is 4.39 Å². The van der Waals surface area contributed by atoms with Crippen molar-refractivity contribution in [1.82, 2.24) is 0 Å². The predicted molar refractivity (Wildman–Crippen MR) is 79.8 cm³/mol. The fraction of sp³-hybridized carbons (Fsp3) is 0.882. The molecule has 0 saturated carbocycles. The van der Waals surface area contributed by atoms with Crippen molar-refractivity contribution in [3.8, 4) is 0 Å². The van der Waals surface area contributed by atoms with Crippen molar-refractivity contribution >= 4 is 0 Å². The molecule has 0 bridgehead atoms. The maximum absolute atomic E-state index is 13.1. The Morgan fingerprint density at radius 3 is 2.23 bits per heavy atom. The summed E-state index contributed by atoms with van der Waals surface area (Å²) in [5, 5.41) is 0. The zero-order valence-electron chi connectivity index (χ0n) is 13.3. The SMILES string of the molecule is CCCC1COC(C2COC(C3CC=C(F)CC3)OC2)OC1. The van der Waals surface area contributed by atoms with E-state index >= 15 is 0 Å². The van der Waals surface area contributed by atoms with Gasteiger partial charge < -0.3 is 18.9 Å². The molecule has 22 heavy (non-hydrogen) atoms. The summed E-state index contributed by atoms with van der Waals surface area (Å²) >= 11 is 0. The molecule has 1 unspecified atom stereocenters. The van der Waals surface area contributed by atoms with E-state index in [1.54, 1.807) is 6.08 Å². The molecule has 0 aromatic rings. The molecular formula is C17H27FO4. The van der Waals surface area contributed by atoms with Gasteiger partial charge in [0.1, 0.15) is 0 Å². The van der Waals surface area contributed by atoms with E-state index in [4.69, 9.17) is 18.9 Å². The second kappa shape index (κ2) is 7.86. The van der Waals surface area contributed by atoms with Crippen LogP contribution in [0.3, 0.4) is 0 Å². The van der Waals surface area contributed by atoms with Gasteiger partial charge >= 0.3 is 0 Å². The monoisotopic (exact) mass is 314 g/mol. The quantitative estimate of drug-likeness (QED) is 0.797. The second-order valence-corrected chi connectivity index (χ2v) is 6.67. The zero-order chi connectivity index (χ0) is 15.4. The normalized spacial score (nSPS) is 40.3. The highest BCUT2D eigenvalue weighted by Gasteiger charge is 2.36. The molecule has 2 aliphatic heterocycles. The van der Waals surface area contributed by atoms with Gasteiger partial charge in [-0.1, -0.05) is 19.4 Å². The minimum absolute atomic E-state index is 0.00410. The largest absolute Gasteiger partial charge is 0.352 e. The van der Waals surface area contributed by atoms with Crippen molar-refractivity contribution in [2.45, 2.75) is 51.6 Å². The Kier molecular flexibility index (Phi) is 5.85. The van der Waals surface area contributed by atoms with E-state index in [2.05, 4.69) is 6.92 Å². The Labute approximate surface area is 131 Å². The van der Waals surface area contributed by atoms with Crippen molar-refractivity contribution in [2.75, 3.05) is 26.4 Å². The molecule has 4 nitrogen and oxygen atoms in total. The maximum Gasteiger partial charge on any atom is 0.164 e. The molecule has 2 saturated heterocycles. The van der Waals surface area contributed by atoms with Crippen molar-refractivity contribution in [1.29, 1.82) is 0 Å². The van der Waals surface area contributed by atoms with Crippen LogP contribution in [0, 0.1) is 17.8 Å². The van der Waals surface area contributed by atoms with Gasteiger partial charge in [0.25, 0.3) is 0 Å². The number of allylic oxidation sites excluding steroid dienone is 2. The Morgan fingerprint density at radius 2 is 1.64 bits per heavy atom. The first-order chi connectivity index (χ1) is 10.8. The summed E-state index contributed by atoms with van der Waals surface area (Å²) in [7, 11) is 0. The molecule has 126 valence electrons. The van der Waals surface area contributed by atoms with Crippen molar-refractivity contribution < 1.29 is 23.3 Å². The van der Waals surface area contributed by atoms with Crippen LogP contribution in [0.5, 0.6) is 0 Å². The van der Waals surface area contributed by atoms with Gasteiger partial charge in [-0.15, -0.1) is 0 Å². The van der Waals surface area contributed by atoms with Crippen molar-refractivity contribution in [2.24, 2.45) is 17.8 Å². The van der Waals surface area contributed by atoms with Crippen LogP contribution in [-0.4, -0.2) is 39.0 Å². The van der Waals surface area contributed by atoms with E-state index < -0.39 is 0 Å². The lowest BCUT2D eigenvalue weighted by atomic mass is 9.92. The number of hydrogen-bond acceptors (Lipinski definition) is 4. The molecule has 0 N–H and O–H groups in total. The van der Waals surface area contributed by atoms with Crippen LogP contribution in [0.4, 0.5) is 4.39 Å². The molecule has 0 aromatic heterocycles. The third-order valence-corrected chi connectivity index (χ3v) is 4.80. The molecule has 0 amide bonds. The first-order valence-corrected chi connectivity index (χ1v) is 8.57. The van der Waals surface area contributed by atoms with Gasteiger partial charge in [-0.05, 0) is 25.7 Å². The van der Waals surface area contributed by atoms with E-state index in [1.807, 2.05) is 0 Å². The number of hydrogen-bond donors (Lipinski definition) is 0. The highest BCUT2D eigenvalue weighted by Crippen LogP contribution is 2.32. The van der Waals surface area contributed by atoms with Gasteiger partial charge in [0.2, 0.25) is 0 Å². The van der Waals surface area contributed by atoms with Crippen LogP contribution in [0.15, 0.2) is 11.9 Å². The molecule has 0 spiro atoms. The summed E-state index contributed by atoms with van der Waals surface area (Å²) in [5.74, 6) is 0.913. The minimum Gasteiger partial charge on any atom is -0.352 e. The third-order valence-electron chi connectivity index (χ3n) is 4.80. The van der Waals surface area contributed by atoms with Crippen LogP contribution in [0.1, 0.15) is 39.0 Å². The highest BCUT2D eigenvalue weighted by molar-refractivity contribution is 4.98. The van der Waals surface area contributed by atoms with Gasteiger partial charge in [0.15, 0.2) is 12.6 Å². The summed E-state index contributed by atoms with van der Waals surface area (Å²) in [6.07, 6.45) is 5.56. The minimum atomic E-state index is -0.211. The Bertz CT molecular complexity index is 371. The maximum atomic E-state index is 13.1. The molecule has 1 aliphatic carbocycles. The highest BCUT2D eigenvalue weighted by atomic mass is 19.1. The van der Waals surface area contributed by atoms with Crippen LogP contribution >= 0.6 is 0 Å². The van der Waals surface area contributed by atoms with Crippen LogP contribution in [0.25, 0.3) is 0 Å². The molecule has 2 heterocycles. The van der Waals surface area contributed by atoms with E-state index in [-0.39, 0.29) is 30.2 Å². The summed E-state index contributed by atoms with van der Waals surface area (Å²) in [6, 6.07) is 0. The summed E-state index contributed by atoms with van der Waals surface area (Å²) < 4.78 is 36.5. The summed E-state index contributed by atoms with van der Waals surface area (Å²) in [5.41, 5.74) is 0. The van der Waals surface area contributed by atoms with E-state index in [1.165, 1.54) is 0 Å². The smallest absolute Gasteiger partial charge is 0.164 e. The van der Waals surface area contributed by atoms with Gasteiger partial charge in [-0.2, -0.15) is 0 Å². The molecule has 3 aliphatic rings. The summed E-state index contributed by atoms with van der Waals surface area (Å²) in [4.78, 5) is 0. The first kappa shape index (κ1) is 16.4. The first-order valence-electron chi connectivity index (χ1n) is 8.57. The van der Waals surface area contributed by atoms with E-state index in [0.29, 0.717) is 32.0 Å². The topological polar surface area (TPSA) is 36.9 Å². The van der Waals surface area contributed by atoms with Crippen LogP contribution < -0.4 is 0 Å². The fourth-order valence-electron chi connectivity index (χ4n) is 3.44. The Morgan fingerprint density at radius 1 is 1.00 bits per heavy atom. The van der Waals surface area contributed by atoms with Crippen LogP contribution in [-0.2, 0) is 18.9 Å². The predicted octanol–water partition coefficient (Wildman–Crippen LogP) is 3.42. The molecule has 5 heteroatoms. The molecule has 3 rings (SSSR count). The zero-order valence-corrected chi connectivity index (χ0v) is 13.3. The third kappa shape index (κ3) is 4.07. The molecule has 2 fully saturated rings. The lowest BCUT2D eigenvalue weighted by Gasteiger charge is -2.39. The average molecular weight is 314 g/mol. The Balaban J connectivity index is 1.41. The van der Waals surface area contributed by atoms with Crippen LogP contribution in [0.2, 0.25) is 0 Å². The fourth-order valence-corrected chi connectivity index (χ4v) is 3.44. The lowest BCUT2D eigenvalue weighted by molar-refractivity contribution is -0.290.